The highest BCUT2D eigenvalue weighted by Gasteiger charge is 2.45. The number of nitrogens with zero attached hydrogens (tertiary/aromatic N) is 1. The average Bonchev–Trinajstić information content (AvgIpc) is 3.42. The Labute approximate surface area is 219 Å². The fraction of sp³-hybridized carbons (Fsp3) is 0.107. The molecule has 186 valence electrons. The number of aliphatic hydroxyl groups excluding tert-OH is 1. The van der Waals surface area contributed by atoms with E-state index in [0.29, 0.717) is 27.8 Å². The molecule has 0 fully saturated rings. The number of halogens is 1. The third-order valence-corrected chi connectivity index (χ3v) is 6.73. The maximum atomic E-state index is 13.8. The van der Waals surface area contributed by atoms with Crippen molar-refractivity contribution in [3.8, 4) is 5.75 Å². The van der Waals surface area contributed by atoms with E-state index in [9.17, 15) is 24.6 Å². The summed E-state index contributed by atoms with van der Waals surface area (Å²) in [4.78, 5) is 39.7. The first-order chi connectivity index (χ1) is 17.8. The molecule has 0 spiro atoms. The number of aliphatic hydroxyl groups is 1. The van der Waals surface area contributed by atoms with Gasteiger partial charge in [0.1, 0.15) is 11.3 Å². The molecule has 0 aliphatic carbocycles. The summed E-state index contributed by atoms with van der Waals surface area (Å²) in [5, 5.41) is 20.8. The highest BCUT2D eigenvalue weighted by molar-refractivity contribution is 9.10. The molecule has 8 nitrogen and oxygen atoms in total. The van der Waals surface area contributed by atoms with Crippen LogP contribution in [0.1, 0.15) is 38.1 Å². The molecule has 0 saturated heterocycles. The van der Waals surface area contributed by atoms with Gasteiger partial charge in [0, 0.05) is 22.0 Å². The normalized spacial score (nSPS) is 15.5. The number of carboxylic acid groups (broad SMARTS) is 1. The Morgan fingerprint density at radius 3 is 2.49 bits per heavy atom. The number of carboxylic acids is 1. The Morgan fingerprint density at radius 1 is 1.05 bits per heavy atom. The van der Waals surface area contributed by atoms with Crippen molar-refractivity contribution in [2.24, 2.45) is 0 Å². The number of amides is 1. The molecule has 4 aromatic rings. The lowest BCUT2D eigenvalue weighted by Crippen LogP contribution is -2.31. The quantitative estimate of drug-likeness (QED) is 0.278. The molecule has 5 rings (SSSR count). The predicted octanol–water partition coefficient (Wildman–Crippen LogP) is 5.68. The maximum Gasteiger partial charge on any atom is 0.335 e. The number of furan rings is 1. The van der Waals surface area contributed by atoms with E-state index in [2.05, 4.69) is 15.9 Å². The average molecular weight is 562 g/mol. The number of hydrogen-bond acceptors (Lipinski definition) is 6. The zero-order valence-electron chi connectivity index (χ0n) is 19.5. The fourth-order valence-corrected chi connectivity index (χ4v) is 4.85. The first-order valence-electron chi connectivity index (χ1n) is 11.2. The number of aromatic carboxylic acids is 1. The minimum atomic E-state index is -1.07. The van der Waals surface area contributed by atoms with Gasteiger partial charge in [0.25, 0.3) is 5.91 Å². The lowest BCUT2D eigenvalue weighted by atomic mass is 9.94. The molecule has 1 aliphatic heterocycles. The summed E-state index contributed by atoms with van der Waals surface area (Å²) in [7, 11) is 1.48. The Hall–Kier alpha value is -4.37. The molecule has 1 aromatic heterocycles. The zero-order chi connectivity index (χ0) is 26.3. The van der Waals surface area contributed by atoms with Gasteiger partial charge in [0.2, 0.25) is 5.78 Å². The predicted molar refractivity (Wildman–Crippen MR) is 138 cm³/mol. The summed E-state index contributed by atoms with van der Waals surface area (Å²) in [5.74, 6) is -2.70. The van der Waals surface area contributed by atoms with Gasteiger partial charge in [-0.15, -0.1) is 0 Å². The molecule has 0 radical (unpaired) electrons. The van der Waals surface area contributed by atoms with Gasteiger partial charge >= 0.3 is 5.97 Å². The Morgan fingerprint density at radius 2 is 1.78 bits per heavy atom. The number of fused-ring (bicyclic) bond motifs is 1. The number of carbonyl (C=O) groups excluding carboxylic acids is 2. The summed E-state index contributed by atoms with van der Waals surface area (Å²) in [5.41, 5.74) is 1.58. The first kappa shape index (κ1) is 24.3. The van der Waals surface area contributed by atoms with Crippen LogP contribution in [0.15, 0.2) is 93.0 Å². The summed E-state index contributed by atoms with van der Waals surface area (Å²) < 4.78 is 12.1. The van der Waals surface area contributed by atoms with Crippen molar-refractivity contribution in [2.75, 3.05) is 7.11 Å². The van der Waals surface area contributed by atoms with E-state index >= 15 is 0 Å². The molecule has 1 atom stereocenters. The highest BCUT2D eigenvalue weighted by Crippen LogP contribution is 2.43. The number of rotatable bonds is 7. The summed E-state index contributed by atoms with van der Waals surface area (Å²) >= 11 is 3.40. The van der Waals surface area contributed by atoms with Crippen molar-refractivity contribution in [2.45, 2.75) is 12.6 Å². The molecular formula is C28H20BrNO7. The Bertz CT molecular complexity index is 1590. The van der Waals surface area contributed by atoms with Crippen molar-refractivity contribution >= 4 is 44.6 Å². The minimum Gasteiger partial charge on any atom is -0.503 e. The molecule has 1 aliphatic rings. The van der Waals surface area contributed by atoms with Crippen LogP contribution in [-0.2, 0) is 11.3 Å². The molecule has 2 N–H and O–H groups in total. The smallest absolute Gasteiger partial charge is 0.335 e. The minimum absolute atomic E-state index is 0.00929. The van der Waals surface area contributed by atoms with Gasteiger partial charge in [-0.25, -0.2) is 4.79 Å². The molecular weight excluding hydrogens is 542 g/mol. The third kappa shape index (κ3) is 4.38. The molecule has 1 unspecified atom stereocenters. The number of carbonyl (C=O) groups is 3. The second-order valence-corrected chi connectivity index (χ2v) is 9.38. The number of ketones is 1. The van der Waals surface area contributed by atoms with E-state index in [1.54, 1.807) is 60.7 Å². The maximum absolute atomic E-state index is 13.8. The molecule has 0 bridgehead atoms. The van der Waals surface area contributed by atoms with Crippen molar-refractivity contribution in [1.82, 2.24) is 4.90 Å². The van der Waals surface area contributed by atoms with Crippen molar-refractivity contribution in [3.63, 3.8) is 0 Å². The van der Waals surface area contributed by atoms with E-state index in [4.69, 9.17) is 9.15 Å². The molecule has 1 amide bonds. The van der Waals surface area contributed by atoms with Crippen LogP contribution in [0, 0.1) is 0 Å². The first-order valence-corrected chi connectivity index (χ1v) is 12.0. The van der Waals surface area contributed by atoms with Crippen LogP contribution in [0.3, 0.4) is 0 Å². The third-order valence-electron chi connectivity index (χ3n) is 6.24. The molecule has 3 aromatic carbocycles. The number of methoxy groups -OCH3 is 1. The number of para-hydroxylation sites is 1. The topological polar surface area (TPSA) is 117 Å². The van der Waals surface area contributed by atoms with E-state index < -0.39 is 29.5 Å². The van der Waals surface area contributed by atoms with E-state index in [0.717, 1.165) is 4.47 Å². The van der Waals surface area contributed by atoms with E-state index in [1.807, 2.05) is 0 Å². The van der Waals surface area contributed by atoms with Gasteiger partial charge in [-0.2, -0.15) is 0 Å². The van der Waals surface area contributed by atoms with Gasteiger partial charge in [-0.3, -0.25) is 9.59 Å². The molecule has 2 heterocycles. The molecule has 37 heavy (non-hydrogen) atoms. The molecule has 9 heteroatoms. The monoisotopic (exact) mass is 561 g/mol. The standard InChI is InChI=1S/C28H20BrNO7/c1-36-21-5-3-2-4-19(21)24-23(25(31)22-13-17-12-18(29)10-11-20(17)37-22)26(32)27(33)30(24)14-15-6-8-16(9-7-15)28(34)35/h2-13,24,32H,14H2,1H3,(H,34,35). The summed E-state index contributed by atoms with van der Waals surface area (Å²) in [6.45, 7) is 0.00929. The number of benzene rings is 3. The lowest BCUT2D eigenvalue weighted by molar-refractivity contribution is -0.130. The molecule has 0 saturated carbocycles. The fourth-order valence-electron chi connectivity index (χ4n) is 4.47. The Kier molecular flexibility index (Phi) is 6.31. The number of hydrogen-bond donors (Lipinski definition) is 2. The van der Waals surface area contributed by atoms with Crippen LogP contribution in [0.5, 0.6) is 5.75 Å². The van der Waals surface area contributed by atoms with Gasteiger partial charge in [-0.05, 0) is 48.0 Å². The van der Waals surface area contributed by atoms with Crippen LogP contribution >= 0.6 is 15.9 Å². The van der Waals surface area contributed by atoms with Crippen LogP contribution in [0.2, 0.25) is 0 Å². The van der Waals surface area contributed by atoms with Crippen molar-refractivity contribution in [1.29, 1.82) is 0 Å². The van der Waals surface area contributed by atoms with Crippen LogP contribution in [-0.4, -0.2) is 39.9 Å². The van der Waals surface area contributed by atoms with Crippen molar-refractivity contribution in [3.05, 3.63) is 111 Å². The lowest BCUT2D eigenvalue weighted by Gasteiger charge is -2.28. The zero-order valence-corrected chi connectivity index (χ0v) is 21.1. The summed E-state index contributed by atoms with van der Waals surface area (Å²) in [6, 6.07) is 18.9. The van der Waals surface area contributed by atoms with Crippen LogP contribution < -0.4 is 4.74 Å². The van der Waals surface area contributed by atoms with Gasteiger partial charge in [0.15, 0.2) is 11.5 Å². The number of ether oxygens (including phenoxy) is 1. The van der Waals surface area contributed by atoms with E-state index in [-0.39, 0.29) is 23.4 Å². The van der Waals surface area contributed by atoms with Gasteiger partial charge < -0.3 is 24.3 Å². The second-order valence-electron chi connectivity index (χ2n) is 8.46. The number of Topliss-reactive ketones (excluding diaryl/α,β-unsaturated/α-hetero) is 1. The summed E-state index contributed by atoms with van der Waals surface area (Å²) in [6.07, 6.45) is 0. The van der Waals surface area contributed by atoms with Crippen molar-refractivity contribution < 1.29 is 33.8 Å². The van der Waals surface area contributed by atoms with Crippen LogP contribution in [0.25, 0.3) is 11.0 Å². The van der Waals surface area contributed by atoms with Gasteiger partial charge in [-0.1, -0.05) is 46.3 Å². The Balaban J connectivity index is 1.60. The largest absolute Gasteiger partial charge is 0.503 e. The van der Waals surface area contributed by atoms with E-state index in [1.165, 1.54) is 24.1 Å². The van der Waals surface area contributed by atoms with Gasteiger partial charge in [0.05, 0.1) is 24.3 Å². The SMILES string of the molecule is COc1ccccc1C1C(C(=O)c2cc3cc(Br)ccc3o2)=C(O)C(=O)N1Cc1ccc(C(=O)O)cc1. The highest BCUT2D eigenvalue weighted by atomic mass is 79.9. The van der Waals surface area contributed by atoms with Crippen LogP contribution in [0.4, 0.5) is 0 Å². The second kappa shape index (κ2) is 9.59.